The molecule has 2 saturated carbocycles. The number of thioether (sulfide) groups is 1. The van der Waals surface area contributed by atoms with Crippen molar-refractivity contribution >= 4 is 57.1 Å². The molecule has 5 rings (SSSR count). The van der Waals surface area contributed by atoms with Gasteiger partial charge in [0, 0.05) is 31.3 Å². The molecule has 0 atom stereocenters. The number of carbonyl (C=O) groups is 1. The SMILES string of the molecule is CSc1c(Cl)ccc2c(=O)c3ccc(N(CC4CC4)CC4CC(F)(F)C4)nc3n(CC(=O)[O-])c12.[Na+]. The minimum absolute atomic E-state index is 0. The van der Waals surface area contributed by atoms with Crippen molar-refractivity contribution in [3.05, 3.63) is 39.5 Å². The molecule has 2 heterocycles. The molecule has 2 aliphatic rings. The van der Waals surface area contributed by atoms with Crippen LogP contribution in [0.25, 0.3) is 21.9 Å². The quantitative estimate of drug-likeness (QED) is 0.246. The van der Waals surface area contributed by atoms with Gasteiger partial charge in [0.25, 0.3) is 0 Å². The summed E-state index contributed by atoms with van der Waals surface area (Å²) in [5.74, 6) is -3.02. The van der Waals surface area contributed by atoms with Gasteiger partial charge in [-0.15, -0.1) is 11.8 Å². The number of hydrogen-bond donors (Lipinski definition) is 0. The summed E-state index contributed by atoms with van der Waals surface area (Å²) in [4.78, 5) is 32.3. The van der Waals surface area contributed by atoms with Gasteiger partial charge < -0.3 is 19.4 Å². The number of carboxylic acids is 1. The number of aliphatic carboxylic acids is 1. The number of hydrogen-bond acceptors (Lipinski definition) is 6. The molecule has 2 fully saturated rings. The molecule has 2 aromatic heterocycles. The number of alkyl halides is 2. The molecule has 0 amide bonds. The van der Waals surface area contributed by atoms with Gasteiger partial charge in [-0.05, 0) is 55.2 Å². The molecule has 180 valence electrons. The maximum absolute atomic E-state index is 13.4. The monoisotopic (exact) mass is 529 g/mol. The zero-order valence-electron chi connectivity index (χ0n) is 19.5. The minimum atomic E-state index is -2.60. The van der Waals surface area contributed by atoms with Gasteiger partial charge in [0.05, 0.1) is 33.3 Å². The molecule has 3 aromatic rings. The van der Waals surface area contributed by atoms with E-state index in [0.29, 0.717) is 45.6 Å². The van der Waals surface area contributed by atoms with E-state index in [1.807, 2.05) is 4.90 Å². The number of carboxylic acid groups (broad SMARTS) is 1. The number of benzene rings is 1. The largest absolute Gasteiger partial charge is 1.00 e. The summed E-state index contributed by atoms with van der Waals surface area (Å²) < 4.78 is 28.4. The van der Waals surface area contributed by atoms with Crippen molar-refractivity contribution in [2.75, 3.05) is 24.2 Å². The number of carbonyl (C=O) groups excluding carboxylic acids is 1. The van der Waals surface area contributed by atoms with Gasteiger partial charge in [-0.3, -0.25) is 4.79 Å². The smallest absolute Gasteiger partial charge is 0.548 e. The molecule has 6 nitrogen and oxygen atoms in total. The Morgan fingerprint density at radius 1 is 1.20 bits per heavy atom. The third-order valence-corrected chi connectivity index (χ3v) is 7.85. The maximum Gasteiger partial charge on any atom is 1.00 e. The second-order valence-electron chi connectivity index (χ2n) is 9.28. The Morgan fingerprint density at radius 2 is 1.86 bits per heavy atom. The maximum atomic E-state index is 13.4. The Balaban J connectivity index is 0.00000289. The van der Waals surface area contributed by atoms with Crippen LogP contribution in [0.4, 0.5) is 14.6 Å². The second kappa shape index (κ2) is 10.2. The summed E-state index contributed by atoms with van der Waals surface area (Å²) in [6, 6.07) is 6.59. The predicted molar refractivity (Wildman–Crippen MR) is 128 cm³/mol. The van der Waals surface area contributed by atoms with Crippen molar-refractivity contribution in [3.63, 3.8) is 0 Å². The van der Waals surface area contributed by atoms with Crippen molar-refractivity contribution in [2.24, 2.45) is 11.8 Å². The van der Waals surface area contributed by atoms with Crippen LogP contribution in [-0.2, 0) is 11.3 Å². The van der Waals surface area contributed by atoms with E-state index in [1.54, 1.807) is 30.5 Å². The van der Waals surface area contributed by atoms with Gasteiger partial charge in [0.1, 0.15) is 11.5 Å². The molecule has 0 bridgehead atoms. The van der Waals surface area contributed by atoms with E-state index in [1.165, 1.54) is 16.3 Å². The summed E-state index contributed by atoms with van der Waals surface area (Å²) in [6.07, 6.45) is 3.68. The number of rotatable bonds is 8. The predicted octanol–water partition coefficient (Wildman–Crippen LogP) is 0.941. The summed E-state index contributed by atoms with van der Waals surface area (Å²) in [5.41, 5.74) is 0.355. The van der Waals surface area contributed by atoms with E-state index in [0.717, 1.165) is 12.8 Å². The topological polar surface area (TPSA) is 78.3 Å². The number of pyridine rings is 2. The summed E-state index contributed by atoms with van der Waals surface area (Å²) in [7, 11) is 0. The van der Waals surface area contributed by atoms with Crippen molar-refractivity contribution in [3.8, 4) is 0 Å². The zero-order valence-corrected chi connectivity index (χ0v) is 23.1. The van der Waals surface area contributed by atoms with E-state index in [9.17, 15) is 23.5 Å². The molecule has 35 heavy (non-hydrogen) atoms. The number of halogens is 3. The Morgan fingerprint density at radius 3 is 2.46 bits per heavy atom. The van der Waals surface area contributed by atoms with Crippen molar-refractivity contribution in [1.82, 2.24) is 9.55 Å². The van der Waals surface area contributed by atoms with Gasteiger partial charge in [-0.2, -0.15) is 0 Å². The third-order valence-electron chi connectivity index (χ3n) is 6.60. The van der Waals surface area contributed by atoms with Crippen LogP contribution in [0.5, 0.6) is 0 Å². The normalized spacial score (nSPS) is 17.3. The van der Waals surface area contributed by atoms with E-state index in [2.05, 4.69) is 0 Å². The van der Waals surface area contributed by atoms with Crippen molar-refractivity contribution < 1.29 is 48.2 Å². The first-order valence-electron chi connectivity index (χ1n) is 11.2. The van der Waals surface area contributed by atoms with Crippen LogP contribution in [0.1, 0.15) is 25.7 Å². The Kier molecular flexibility index (Phi) is 7.75. The van der Waals surface area contributed by atoms with E-state index < -0.39 is 18.4 Å². The Hall–Kier alpha value is -1.39. The molecular weight excluding hydrogens is 507 g/mol. The minimum Gasteiger partial charge on any atom is -0.548 e. The summed E-state index contributed by atoms with van der Waals surface area (Å²) in [5, 5.41) is 12.7. The van der Waals surface area contributed by atoms with Gasteiger partial charge >= 0.3 is 29.6 Å². The summed E-state index contributed by atoms with van der Waals surface area (Å²) >= 11 is 7.69. The fourth-order valence-electron chi connectivity index (χ4n) is 4.82. The second-order valence-corrected chi connectivity index (χ2v) is 10.5. The van der Waals surface area contributed by atoms with Gasteiger partial charge in [-0.1, -0.05) is 11.6 Å². The average Bonchev–Trinajstić information content (AvgIpc) is 3.58. The number of anilines is 1. The first kappa shape index (κ1) is 26.7. The molecule has 0 aliphatic heterocycles. The molecular formula is C24H23ClF2N3NaO3S. The zero-order chi connectivity index (χ0) is 24.2. The summed E-state index contributed by atoms with van der Waals surface area (Å²) in [6.45, 7) is 0.640. The van der Waals surface area contributed by atoms with Crippen molar-refractivity contribution in [2.45, 2.75) is 43.0 Å². The van der Waals surface area contributed by atoms with E-state index >= 15 is 0 Å². The fraction of sp³-hybridized carbons (Fsp3) is 0.458. The molecule has 0 N–H and O–H groups in total. The number of fused-ring (bicyclic) bond motifs is 2. The first-order valence-corrected chi connectivity index (χ1v) is 12.8. The van der Waals surface area contributed by atoms with Gasteiger partial charge in [0.2, 0.25) is 5.92 Å². The molecule has 0 spiro atoms. The number of nitrogens with zero attached hydrogens (tertiary/aromatic N) is 3. The van der Waals surface area contributed by atoms with Crippen LogP contribution in [-0.4, -0.2) is 40.8 Å². The standard InChI is InChI=1S/C24H24ClF2N3O3S.Na/c1-34-22-17(25)6-4-15-20(22)30(12-19(31)32)23-16(21(15)33)5-7-18(28-23)29(10-13-2-3-13)11-14-8-24(26,27)9-14;/h4-7,13-14H,2-3,8-12H2,1H3,(H,31,32);/q;+1/p-1. The van der Waals surface area contributed by atoms with Crippen LogP contribution >= 0.6 is 23.4 Å². The van der Waals surface area contributed by atoms with Gasteiger partial charge in [0.15, 0.2) is 5.43 Å². The Bertz CT molecular complexity index is 1360. The molecule has 0 radical (unpaired) electrons. The molecule has 2 aliphatic carbocycles. The van der Waals surface area contributed by atoms with E-state index in [4.69, 9.17) is 16.6 Å². The van der Waals surface area contributed by atoms with Crippen LogP contribution in [0.2, 0.25) is 5.02 Å². The number of aromatic nitrogens is 2. The van der Waals surface area contributed by atoms with Crippen LogP contribution in [0, 0.1) is 11.8 Å². The molecule has 0 unspecified atom stereocenters. The van der Waals surface area contributed by atoms with Crippen LogP contribution in [0.3, 0.4) is 0 Å². The van der Waals surface area contributed by atoms with E-state index in [-0.39, 0.29) is 64.8 Å². The first-order chi connectivity index (χ1) is 16.2. The van der Waals surface area contributed by atoms with Crippen LogP contribution < -0.4 is 45.0 Å². The molecule has 1 aromatic carbocycles. The molecule has 0 saturated heterocycles. The van der Waals surface area contributed by atoms with Gasteiger partial charge in [-0.25, -0.2) is 13.8 Å². The van der Waals surface area contributed by atoms with Crippen molar-refractivity contribution in [1.29, 1.82) is 0 Å². The average molecular weight is 530 g/mol. The molecule has 11 heteroatoms. The fourth-order valence-corrected chi connectivity index (χ4v) is 5.88. The van der Waals surface area contributed by atoms with Crippen LogP contribution in [0.15, 0.2) is 34.0 Å². The third kappa shape index (κ3) is 5.34. The Labute approximate surface area is 232 Å².